The number of aromatic nitrogens is 2. The zero-order valence-electron chi connectivity index (χ0n) is 14.0. The highest BCUT2D eigenvalue weighted by Crippen LogP contribution is 2.16. The van der Waals surface area contributed by atoms with Crippen LogP contribution in [0.5, 0.6) is 0 Å². The van der Waals surface area contributed by atoms with Crippen molar-refractivity contribution in [1.29, 1.82) is 0 Å². The second-order valence-electron chi connectivity index (χ2n) is 5.34. The fourth-order valence-corrected chi connectivity index (χ4v) is 2.60. The van der Waals surface area contributed by atoms with Crippen molar-refractivity contribution in [3.8, 4) is 0 Å². The number of methoxy groups -OCH3 is 2. The molecule has 1 heterocycles. The molecule has 1 N–H and O–H groups in total. The van der Waals surface area contributed by atoms with E-state index in [4.69, 9.17) is 14.5 Å². The molecule has 1 aromatic heterocycles. The molecule has 0 spiro atoms. The number of nitrogens with one attached hydrogen (secondary N) is 1. The van der Waals surface area contributed by atoms with E-state index in [1.165, 1.54) is 0 Å². The Hall–Kier alpha value is -1.76. The first-order valence-electron chi connectivity index (χ1n) is 7.93. The van der Waals surface area contributed by atoms with Crippen molar-refractivity contribution in [2.24, 2.45) is 0 Å². The Kier molecular flexibility index (Phi) is 6.70. The van der Waals surface area contributed by atoms with Crippen LogP contribution in [0.2, 0.25) is 0 Å². The van der Waals surface area contributed by atoms with Crippen LogP contribution >= 0.6 is 0 Å². The van der Waals surface area contributed by atoms with Crippen LogP contribution in [0.4, 0.5) is 0 Å². The molecule has 0 aliphatic heterocycles. The molecule has 6 heteroatoms. The quantitative estimate of drug-likeness (QED) is 0.713. The van der Waals surface area contributed by atoms with Crippen LogP contribution < -0.4 is 10.9 Å². The number of ether oxygens (including phenoxy) is 2. The summed E-state index contributed by atoms with van der Waals surface area (Å²) in [5.74, 6) is 0.754. The number of hydrogen-bond acceptors (Lipinski definition) is 5. The maximum atomic E-state index is 12.8. The molecule has 2 aromatic rings. The lowest BCUT2D eigenvalue weighted by atomic mass is 10.1. The first-order chi connectivity index (χ1) is 11.2. The Balaban J connectivity index is 2.47. The molecular weight excluding hydrogens is 294 g/mol. The summed E-state index contributed by atoms with van der Waals surface area (Å²) in [6, 6.07) is 7.45. The largest absolute Gasteiger partial charge is 0.383 e. The number of benzene rings is 1. The lowest BCUT2D eigenvalue weighted by Crippen LogP contribution is -2.34. The van der Waals surface area contributed by atoms with Crippen LogP contribution in [0, 0.1) is 0 Å². The monoisotopic (exact) mass is 319 g/mol. The van der Waals surface area contributed by atoms with Crippen molar-refractivity contribution < 1.29 is 9.47 Å². The van der Waals surface area contributed by atoms with Gasteiger partial charge in [0.25, 0.3) is 5.56 Å². The van der Waals surface area contributed by atoms with E-state index in [2.05, 4.69) is 12.2 Å². The summed E-state index contributed by atoms with van der Waals surface area (Å²) < 4.78 is 12.0. The second kappa shape index (κ2) is 8.76. The van der Waals surface area contributed by atoms with Gasteiger partial charge in [0.1, 0.15) is 5.82 Å². The number of para-hydroxylation sites is 1. The van der Waals surface area contributed by atoms with Crippen molar-refractivity contribution in [3.63, 3.8) is 0 Å². The number of fused-ring (bicyclic) bond motifs is 1. The van der Waals surface area contributed by atoms with Crippen molar-refractivity contribution in [1.82, 2.24) is 14.9 Å². The minimum Gasteiger partial charge on any atom is -0.383 e. The summed E-state index contributed by atoms with van der Waals surface area (Å²) in [4.78, 5) is 17.6. The first kappa shape index (κ1) is 17.6. The number of hydrogen-bond donors (Lipinski definition) is 1. The molecule has 0 fully saturated rings. The summed E-state index contributed by atoms with van der Waals surface area (Å²) in [6.07, 6.45) is 0.835. The number of rotatable bonds is 9. The average molecular weight is 319 g/mol. The fourth-order valence-electron chi connectivity index (χ4n) is 2.60. The Morgan fingerprint density at radius 1 is 1.22 bits per heavy atom. The Morgan fingerprint density at radius 3 is 2.65 bits per heavy atom. The summed E-state index contributed by atoms with van der Waals surface area (Å²) >= 11 is 0. The highest BCUT2D eigenvalue weighted by Gasteiger charge is 2.18. The molecular formula is C17H25N3O3. The average Bonchev–Trinajstić information content (AvgIpc) is 2.58. The third-order valence-corrected chi connectivity index (χ3v) is 3.83. The second-order valence-corrected chi connectivity index (χ2v) is 5.34. The van der Waals surface area contributed by atoms with Crippen LogP contribution in [0.1, 0.15) is 25.2 Å². The van der Waals surface area contributed by atoms with Crippen LogP contribution in [-0.4, -0.2) is 43.5 Å². The summed E-state index contributed by atoms with van der Waals surface area (Å²) in [5.41, 5.74) is 0.711. The molecule has 0 aliphatic rings. The normalized spacial score (nSPS) is 12.7. The highest BCUT2D eigenvalue weighted by molar-refractivity contribution is 5.77. The van der Waals surface area contributed by atoms with E-state index in [0.717, 1.165) is 17.8 Å². The van der Waals surface area contributed by atoms with Gasteiger partial charge in [-0.05, 0) is 18.6 Å². The third kappa shape index (κ3) is 4.16. The Bertz CT molecular complexity index is 684. The molecule has 1 atom stereocenters. The van der Waals surface area contributed by atoms with Gasteiger partial charge in [-0.25, -0.2) is 4.98 Å². The van der Waals surface area contributed by atoms with Crippen molar-refractivity contribution in [2.75, 3.05) is 34.0 Å². The topological polar surface area (TPSA) is 65.4 Å². The molecule has 126 valence electrons. The molecule has 0 radical (unpaired) electrons. The molecule has 0 amide bonds. The van der Waals surface area contributed by atoms with E-state index in [9.17, 15) is 4.79 Å². The van der Waals surface area contributed by atoms with E-state index in [1.807, 2.05) is 24.3 Å². The molecule has 0 unspecified atom stereocenters. The molecule has 2 rings (SSSR count). The van der Waals surface area contributed by atoms with Crippen molar-refractivity contribution in [2.45, 2.75) is 25.9 Å². The van der Waals surface area contributed by atoms with Crippen LogP contribution in [-0.2, 0) is 16.0 Å². The maximum Gasteiger partial charge on any atom is 0.261 e. The van der Waals surface area contributed by atoms with Gasteiger partial charge in [0.15, 0.2) is 0 Å². The van der Waals surface area contributed by atoms with Crippen LogP contribution in [0.3, 0.4) is 0 Å². The van der Waals surface area contributed by atoms with Gasteiger partial charge in [0, 0.05) is 20.8 Å². The molecule has 6 nitrogen and oxygen atoms in total. The zero-order valence-corrected chi connectivity index (χ0v) is 14.0. The SMILES string of the molecule is CC[C@H](NCCOC)c1nc2ccccc2c(=O)n1CCOC. The molecule has 0 bridgehead atoms. The van der Waals surface area contributed by atoms with Gasteiger partial charge in [-0.3, -0.25) is 9.36 Å². The predicted octanol–water partition coefficient (Wildman–Crippen LogP) is 1.73. The van der Waals surface area contributed by atoms with E-state index in [1.54, 1.807) is 18.8 Å². The van der Waals surface area contributed by atoms with E-state index in [-0.39, 0.29) is 11.6 Å². The minimum absolute atomic E-state index is 0.000637. The smallest absolute Gasteiger partial charge is 0.261 e. The van der Waals surface area contributed by atoms with Crippen molar-refractivity contribution >= 4 is 10.9 Å². The zero-order chi connectivity index (χ0) is 16.7. The lowest BCUT2D eigenvalue weighted by molar-refractivity contribution is 0.182. The van der Waals surface area contributed by atoms with Gasteiger partial charge < -0.3 is 14.8 Å². The van der Waals surface area contributed by atoms with Crippen molar-refractivity contribution in [3.05, 3.63) is 40.4 Å². The summed E-state index contributed by atoms with van der Waals surface area (Å²) in [6.45, 7) is 4.37. The maximum absolute atomic E-state index is 12.8. The Labute approximate surface area is 136 Å². The van der Waals surface area contributed by atoms with Gasteiger partial charge in [0.05, 0.1) is 36.7 Å². The predicted molar refractivity (Wildman–Crippen MR) is 90.8 cm³/mol. The van der Waals surface area contributed by atoms with E-state index in [0.29, 0.717) is 31.7 Å². The standard InChI is InChI=1S/C17H25N3O3/c1-4-14(18-9-11-22-2)16-19-15-8-6-5-7-13(15)17(21)20(16)10-12-23-3/h5-8,14,18H,4,9-12H2,1-3H3/t14-/m0/s1. The highest BCUT2D eigenvalue weighted by atomic mass is 16.5. The van der Waals surface area contributed by atoms with Crippen LogP contribution in [0.25, 0.3) is 10.9 Å². The minimum atomic E-state index is -0.0189. The molecule has 1 aromatic carbocycles. The third-order valence-electron chi connectivity index (χ3n) is 3.83. The lowest BCUT2D eigenvalue weighted by Gasteiger charge is -2.21. The molecule has 0 saturated carbocycles. The summed E-state index contributed by atoms with van der Waals surface area (Å²) in [5, 5.41) is 4.05. The van der Waals surface area contributed by atoms with E-state index < -0.39 is 0 Å². The number of nitrogens with zero attached hydrogens (tertiary/aromatic N) is 2. The van der Waals surface area contributed by atoms with Gasteiger partial charge >= 0.3 is 0 Å². The van der Waals surface area contributed by atoms with Gasteiger partial charge in [0.2, 0.25) is 0 Å². The fraction of sp³-hybridized carbons (Fsp3) is 0.529. The van der Waals surface area contributed by atoms with Gasteiger partial charge in [-0.2, -0.15) is 0 Å². The molecule has 0 aliphatic carbocycles. The molecule has 0 saturated heterocycles. The van der Waals surface area contributed by atoms with Gasteiger partial charge in [-0.1, -0.05) is 19.1 Å². The van der Waals surface area contributed by atoms with E-state index >= 15 is 0 Å². The molecule has 23 heavy (non-hydrogen) atoms. The van der Waals surface area contributed by atoms with Crippen LogP contribution in [0.15, 0.2) is 29.1 Å². The summed E-state index contributed by atoms with van der Waals surface area (Å²) in [7, 11) is 3.30. The Morgan fingerprint density at radius 2 is 1.96 bits per heavy atom. The first-order valence-corrected chi connectivity index (χ1v) is 7.93. The van der Waals surface area contributed by atoms with Gasteiger partial charge in [-0.15, -0.1) is 0 Å².